The van der Waals surface area contributed by atoms with Crippen molar-refractivity contribution >= 4 is 23.2 Å². The molecule has 0 unspecified atom stereocenters. The summed E-state index contributed by atoms with van der Waals surface area (Å²) in [4.78, 5) is 36.1. The van der Waals surface area contributed by atoms with Gasteiger partial charge in [-0.2, -0.15) is 5.10 Å². The Balaban J connectivity index is 1.87. The van der Waals surface area contributed by atoms with Crippen molar-refractivity contribution in [3.05, 3.63) is 27.2 Å². The number of hydrogen-bond donors (Lipinski definition) is 2. The molecule has 9 heteroatoms. The number of aromatic amines is 1. The summed E-state index contributed by atoms with van der Waals surface area (Å²) in [6, 6.07) is 0. The SMILES string of the molecule is CNC(=O)[C@@H]1CN(C(=O)c2sc(C)nc2C)C[C@H]1c1n[nH]c(C)n1. The number of H-pyrrole nitrogens is 1. The average molecular weight is 348 g/mol. The Kier molecular flexibility index (Phi) is 4.35. The van der Waals surface area contributed by atoms with E-state index in [-0.39, 0.29) is 23.7 Å². The van der Waals surface area contributed by atoms with Crippen LogP contribution in [-0.4, -0.2) is 57.0 Å². The quantitative estimate of drug-likeness (QED) is 0.853. The maximum Gasteiger partial charge on any atom is 0.265 e. The molecule has 3 heterocycles. The molecule has 0 radical (unpaired) electrons. The molecule has 24 heavy (non-hydrogen) atoms. The van der Waals surface area contributed by atoms with E-state index in [0.29, 0.717) is 29.6 Å². The summed E-state index contributed by atoms with van der Waals surface area (Å²) < 4.78 is 0. The predicted octanol–water partition coefficient (Wildman–Crippen LogP) is 0.788. The van der Waals surface area contributed by atoms with Crippen LogP contribution in [0.15, 0.2) is 0 Å². The molecule has 2 amide bonds. The Hall–Kier alpha value is -2.29. The van der Waals surface area contributed by atoms with Crippen LogP contribution in [0, 0.1) is 26.7 Å². The monoisotopic (exact) mass is 348 g/mol. The number of thiazole rings is 1. The minimum absolute atomic E-state index is 0.0817. The van der Waals surface area contributed by atoms with Crippen molar-refractivity contribution in [3.63, 3.8) is 0 Å². The van der Waals surface area contributed by atoms with Crippen molar-refractivity contribution < 1.29 is 9.59 Å². The van der Waals surface area contributed by atoms with Gasteiger partial charge in [0.1, 0.15) is 10.7 Å². The number of carbonyl (C=O) groups is 2. The highest BCUT2D eigenvalue weighted by Gasteiger charge is 2.42. The molecular formula is C15H20N6O2S. The Labute approximate surface area is 143 Å². The lowest BCUT2D eigenvalue weighted by Crippen LogP contribution is -2.33. The second kappa shape index (κ2) is 6.31. The summed E-state index contributed by atoms with van der Waals surface area (Å²) in [5.74, 6) is 0.515. The highest BCUT2D eigenvalue weighted by atomic mass is 32.1. The van der Waals surface area contributed by atoms with Gasteiger partial charge in [0.15, 0.2) is 5.82 Å². The zero-order valence-electron chi connectivity index (χ0n) is 14.1. The van der Waals surface area contributed by atoms with E-state index in [4.69, 9.17) is 0 Å². The van der Waals surface area contributed by atoms with Crippen LogP contribution in [-0.2, 0) is 4.79 Å². The molecule has 1 fully saturated rings. The van der Waals surface area contributed by atoms with Gasteiger partial charge in [-0.1, -0.05) is 0 Å². The molecule has 0 aromatic carbocycles. The first-order valence-electron chi connectivity index (χ1n) is 7.74. The number of rotatable bonds is 3. The fourth-order valence-corrected chi connectivity index (χ4v) is 3.97. The van der Waals surface area contributed by atoms with Crippen LogP contribution in [0.2, 0.25) is 0 Å². The maximum absolute atomic E-state index is 12.8. The minimum atomic E-state index is -0.358. The van der Waals surface area contributed by atoms with E-state index < -0.39 is 0 Å². The number of aryl methyl sites for hydroxylation is 3. The standard InChI is InChI=1S/C15H20N6O2S/c1-7-12(24-9(3)17-7)15(23)21-5-10(11(6-21)14(22)16-4)13-18-8(2)19-20-13/h10-11H,5-6H2,1-4H3,(H,16,22)(H,18,19,20)/t10-,11-/m1/s1. The van der Waals surface area contributed by atoms with Gasteiger partial charge < -0.3 is 10.2 Å². The molecule has 2 atom stereocenters. The van der Waals surface area contributed by atoms with Crippen molar-refractivity contribution in [1.82, 2.24) is 30.4 Å². The summed E-state index contributed by atoms with van der Waals surface area (Å²) in [7, 11) is 1.60. The molecule has 0 bridgehead atoms. The van der Waals surface area contributed by atoms with Crippen LogP contribution < -0.4 is 5.32 Å². The summed E-state index contributed by atoms with van der Waals surface area (Å²) in [5, 5.41) is 10.5. The second-order valence-corrected chi connectivity index (χ2v) is 7.17. The van der Waals surface area contributed by atoms with E-state index in [1.807, 2.05) is 20.8 Å². The lowest BCUT2D eigenvalue weighted by molar-refractivity contribution is -0.124. The third-order valence-corrected chi connectivity index (χ3v) is 5.30. The maximum atomic E-state index is 12.8. The van der Waals surface area contributed by atoms with Crippen molar-refractivity contribution in [2.24, 2.45) is 5.92 Å². The summed E-state index contributed by atoms with van der Waals surface area (Å²) in [6.45, 7) is 6.30. The largest absolute Gasteiger partial charge is 0.359 e. The van der Waals surface area contributed by atoms with Gasteiger partial charge in [-0.3, -0.25) is 14.7 Å². The lowest BCUT2D eigenvalue weighted by atomic mass is 9.94. The van der Waals surface area contributed by atoms with Crippen LogP contribution in [0.4, 0.5) is 0 Å². The van der Waals surface area contributed by atoms with Crippen LogP contribution in [0.5, 0.6) is 0 Å². The fraction of sp³-hybridized carbons (Fsp3) is 0.533. The van der Waals surface area contributed by atoms with E-state index in [1.165, 1.54) is 11.3 Å². The molecule has 2 aromatic rings. The molecule has 128 valence electrons. The van der Waals surface area contributed by atoms with Gasteiger partial charge >= 0.3 is 0 Å². The molecule has 1 saturated heterocycles. The van der Waals surface area contributed by atoms with E-state index in [2.05, 4.69) is 25.5 Å². The molecule has 0 aliphatic carbocycles. The molecule has 3 rings (SSSR count). The Morgan fingerprint density at radius 3 is 2.54 bits per heavy atom. The molecular weight excluding hydrogens is 328 g/mol. The van der Waals surface area contributed by atoms with Gasteiger partial charge in [-0.15, -0.1) is 11.3 Å². The molecule has 1 aliphatic heterocycles. The Morgan fingerprint density at radius 2 is 2.00 bits per heavy atom. The van der Waals surface area contributed by atoms with Crippen LogP contribution in [0.25, 0.3) is 0 Å². The zero-order valence-corrected chi connectivity index (χ0v) is 14.9. The normalized spacial score (nSPS) is 20.4. The third-order valence-electron chi connectivity index (χ3n) is 4.23. The minimum Gasteiger partial charge on any atom is -0.359 e. The first kappa shape index (κ1) is 16.6. The Morgan fingerprint density at radius 1 is 1.25 bits per heavy atom. The lowest BCUT2D eigenvalue weighted by Gasteiger charge is -2.15. The number of hydrogen-bond acceptors (Lipinski definition) is 6. The average Bonchev–Trinajstić information content (AvgIpc) is 3.24. The van der Waals surface area contributed by atoms with E-state index in [1.54, 1.807) is 11.9 Å². The molecule has 1 aliphatic rings. The van der Waals surface area contributed by atoms with Crippen molar-refractivity contribution in [2.75, 3.05) is 20.1 Å². The van der Waals surface area contributed by atoms with Crippen molar-refractivity contribution in [3.8, 4) is 0 Å². The van der Waals surface area contributed by atoms with Gasteiger partial charge in [0.25, 0.3) is 5.91 Å². The van der Waals surface area contributed by atoms with Gasteiger partial charge in [0.2, 0.25) is 5.91 Å². The smallest absolute Gasteiger partial charge is 0.265 e. The third kappa shape index (κ3) is 2.91. The molecule has 0 spiro atoms. The summed E-state index contributed by atoms with van der Waals surface area (Å²) in [6.07, 6.45) is 0. The van der Waals surface area contributed by atoms with Crippen molar-refractivity contribution in [2.45, 2.75) is 26.7 Å². The molecule has 0 saturated carbocycles. The number of nitrogens with one attached hydrogen (secondary N) is 2. The van der Waals surface area contributed by atoms with Crippen molar-refractivity contribution in [1.29, 1.82) is 0 Å². The first-order chi connectivity index (χ1) is 11.4. The van der Waals surface area contributed by atoms with Crippen LogP contribution >= 0.6 is 11.3 Å². The van der Waals surface area contributed by atoms with E-state index in [0.717, 1.165) is 10.7 Å². The van der Waals surface area contributed by atoms with Gasteiger partial charge in [-0.05, 0) is 20.8 Å². The van der Waals surface area contributed by atoms with Gasteiger partial charge in [-0.25, -0.2) is 9.97 Å². The zero-order chi connectivity index (χ0) is 17.4. The van der Waals surface area contributed by atoms with Gasteiger partial charge in [0, 0.05) is 20.1 Å². The second-order valence-electron chi connectivity index (χ2n) is 5.96. The number of likely N-dealkylation sites (tertiary alicyclic amines) is 1. The summed E-state index contributed by atoms with van der Waals surface area (Å²) in [5.41, 5.74) is 0.733. The number of carbonyl (C=O) groups excluding carboxylic acids is 2. The topological polar surface area (TPSA) is 104 Å². The van der Waals surface area contributed by atoms with Gasteiger partial charge in [0.05, 0.1) is 22.5 Å². The Bertz CT molecular complexity index is 783. The highest BCUT2D eigenvalue weighted by molar-refractivity contribution is 7.13. The molecule has 2 N–H and O–H groups in total. The van der Waals surface area contributed by atoms with E-state index in [9.17, 15) is 9.59 Å². The highest BCUT2D eigenvalue weighted by Crippen LogP contribution is 2.33. The number of amides is 2. The van der Waals surface area contributed by atoms with Crippen LogP contribution in [0.1, 0.15) is 37.9 Å². The number of nitrogens with zero attached hydrogens (tertiary/aromatic N) is 4. The molecule has 2 aromatic heterocycles. The van der Waals surface area contributed by atoms with E-state index >= 15 is 0 Å². The first-order valence-corrected chi connectivity index (χ1v) is 8.56. The number of aromatic nitrogens is 4. The van der Waals surface area contributed by atoms with Crippen LogP contribution in [0.3, 0.4) is 0 Å². The summed E-state index contributed by atoms with van der Waals surface area (Å²) >= 11 is 1.39. The fourth-order valence-electron chi connectivity index (χ4n) is 3.08. The molecule has 8 nitrogen and oxygen atoms in total. The predicted molar refractivity (Wildman–Crippen MR) is 88.9 cm³/mol.